The van der Waals surface area contributed by atoms with Crippen molar-refractivity contribution in [2.75, 3.05) is 5.73 Å². The first-order chi connectivity index (χ1) is 10.5. The van der Waals surface area contributed by atoms with Gasteiger partial charge in [0.1, 0.15) is 17.3 Å². The normalized spacial score (nSPS) is 10.9. The van der Waals surface area contributed by atoms with E-state index in [1.54, 1.807) is 16.8 Å². The topological polar surface area (TPSA) is 89.9 Å². The number of nitrogens with zero attached hydrogens (tertiary/aromatic N) is 4. The van der Waals surface area contributed by atoms with Crippen molar-refractivity contribution in [3.05, 3.63) is 41.2 Å². The van der Waals surface area contributed by atoms with Gasteiger partial charge < -0.3 is 10.8 Å². The van der Waals surface area contributed by atoms with Gasteiger partial charge in [-0.2, -0.15) is 5.10 Å². The molecule has 3 aromatic rings. The molecule has 0 saturated carbocycles. The molecular formula is C15H14ClN5O. The summed E-state index contributed by atoms with van der Waals surface area (Å²) in [6, 6.07) is 6.81. The van der Waals surface area contributed by atoms with Crippen LogP contribution in [0.4, 0.5) is 5.82 Å². The molecule has 0 atom stereocenters. The van der Waals surface area contributed by atoms with Gasteiger partial charge in [0.2, 0.25) is 0 Å². The van der Waals surface area contributed by atoms with Gasteiger partial charge in [0.25, 0.3) is 0 Å². The number of aryl methyl sites for hydroxylation is 2. The Morgan fingerprint density at radius 1 is 1.23 bits per heavy atom. The molecule has 0 fully saturated rings. The smallest absolute Gasteiger partial charge is 0.142 e. The molecule has 0 bridgehead atoms. The van der Waals surface area contributed by atoms with Gasteiger partial charge in [-0.25, -0.2) is 4.98 Å². The second-order valence-corrected chi connectivity index (χ2v) is 5.36. The largest absolute Gasteiger partial charge is 0.506 e. The lowest BCUT2D eigenvalue weighted by molar-refractivity contribution is 0.475. The average molecular weight is 316 g/mol. The molecule has 0 aliphatic heterocycles. The molecule has 7 heteroatoms. The Kier molecular flexibility index (Phi) is 3.46. The van der Waals surface area contributed by atoms with Crippen LogP contribution in [0.3, 0.4) is 0 Å². The van der Waals surface area contributed by atoms with E-state index >= 15 is 0 Å². The summed E-state index contributed by atoms with van der Waals surface area (Å²) in [5.41, 5.74) is 9.44. The van der Waals surface area contributed by atoms with Crippen LogP contribution in [0.5, 0.6) is 5.75 Å². The second-order valence-electron chi connectivity index (χ2n) is 4.95. The lowest BCUT2D eigenvalue weighted by Crippen LogP contribution is -2.02. The summed E-state index contributed by atoms with van der Waals surface area (Å²) < 4.78 is 1.73. The van der Waals surface area contributed by atoms with Crippen molar-refractivity contribution >= 4 is 17.4 Å². The van der Waals surface area contributed by atoms with Crippen LogP contribution in [-0.4, -0.2) is 24.9 Å². The molecule has 2 aromatic heterocycles. The number of benzene rings is 1. The first-order valence-electron chi connectivity index (χ1n) is 6.58. The fourth-order valence-electron chi connectivity index (χ4n) is 2.28. The minimum absolute atomic E-state index is 0.0201. The Labute approximate surface area is 132 Å². The predicted octanol–water partition coefficient (Wildman–Crippen LogP) is 2.79. The molecule has 0 amide bonds. The third-order valence-electron chi connectivity index (χ3n) is 3.26. The van der Waals surface area contributed by atoms with Gasteiger partial charge in [-0.1, -0.05) is 11.6 Å². The molecule has 0 aliphatic carbocycles. The number of aromatic nitrogens is 4. The quantitative estimate of drug-likeness (QED) is 0.759. The number of aromatic hydroxyl groups is 1. The Morgan fingerprint density at radius 2 is 2.00 bits per heavy atom. The molecule has 112 valence electrons. The van der Waals surface area contributed by atoms with Crippen LogP contribution in [-0.2, 0) is 7.05 Å². The van der Waals surface area contributed by atoms with E-state index in [1.807, 2.05) is 20.0 Å². The summed E-state index contributed by atoms with van der Waals surface area (Å²) in [5.74, 6) is 0.342. The number of phenols is 1. The van der Waals surface area contributed by atoms with Crippen molar-refractivity contribution in [1.29, 1.82) is 0 Å². The summed E-state index contributed by atoms with van der Waals surface area (Å²) in [5, 5.41) is 14.1. The van der Waals surface area contributed by atoms with E-state index in [0.29, 0.717) is 17.2 Å². The molecule has 3 rings (SSSR count). The highest BCUT2D eigenvalue weighted by atomic mass is 35.5. The first-order valence-corrected chi connectivity index (χ1v) is 6.96. The lowest BCUT2D eigenvalue weighted by Gasteiger charge is -2.10. The Bertz CT molecular complexity index is 859. The first kappa shape index (κ1) is 14.3. The zero-order valence-electron chi connectivity index (χ0n) is 12.1. The number of hydrogen-bond acceptors (Lipinski definition) is 5. The van der Waals surface area contributed by atoms with Gasteiger partial charge >= 0.3 is 0 Å². The maximum atomic E-state index is 9.57. The highest BCUT2D eigenvalue weighted by Crippen LogP contribution is 2.33. The number of nitrogens with two attached hydrogens (primary N) is 1. The molecule has 0 unspecified atom stereocenters. The Balaban J connectivity index is 2.24. The molecule has 2 heterocycles. The van der Waals surface area contributed by atoms with Crippen LogP contribution >= 0.6 is 11.6 Å². The van der Waals surface area contributed by atoms with Crippen molar-refractivity contribution in [3.63, 3.8) is 0 Å². The molecule has 22 heavy (non-hydrogen) atoms. The van der Waals surface area contributed by atoms with Crippen molar-refractivity contribution in [1.82, 2.24) is 19.7 Å². The van der Waals surface area contributed by atoms with Gasteiger partial charge in [-0.05, 0) is 31.2 Å². The van der Waals surface area contributed by atoms with Crippen LogP contribution in [0.2, 0.25) is 5.02 Å². The lowest BCUT2D eigenvalue weighted by atomic mass is 10.1. The maximum absolute atomic E-state index is 9.57. The van der Waals surface area contributed by atoms with E-state index in [1.165, 1.54) is 12.3 Å². The highest BCUT2D eigenvalue weighted by molar-refractivity contribution is 6.32. The number of rotatable bonds is 2. The Morgan fingerprint density at radius 3 is 2.64 bits per heavy atom. The maximum Gasteiger partial charge on any atom is 0.142 e. The van der Waals surface area contributed by atoms with E-state index in [-0.39, 0.29) is 10.8 Å². The zero-order valence-corrected chi connectivity index (χ0v) is 12.8. The SMILES string of the molecule is Cc1cc(-c2nc(N)cnc2-c2ccc(O)c(Cl)c2)n(C)n1. The molecular weight excluding hydrogens is 302 g/mol. The number of nitrogen functional groups attached to an aromatic ring is 1. The van der Waals surface area contributed by atoms with Crippen LogP contribution in [0.1, 0.15) is 5.69 Å². The highest BCUT2D eigenvalue weighted by Gasteiger charge is 2.16. The number of hydrogen-bond donors (Lipinski definition) is 2. The number of phenolic OH excluding ortho intramolecular Hbond substituents is 1. The van der Waals surface area contributed by atoms with E-state index in [2.05, 4.69) is 15.1 Å². The van der Waals surface area contributed by atoms with Crippen LogP contribution in [0.15, 0.2) is 30.5 Å². The average Bonchev–Trinajstić information content (AvgIpc) is 2.81. The summed E-state index contributed by atoms with van der Waals surface area (Å²) >= 11 is 5.99. The van der Waals surface area contributed by atoms with Gasteiger partial charge in [-0.3, -0.25) is 9.67 Å². The van der Waals surface area contributed by atoms with Gasteiger partial charge in [0.15, 0.2) is 0 Å². The van der Waals surface area contributed by atoms with Gasteiger partial charge in [0, 0.05) is 12.6 Å². The molecule has 0 spiro atoms. The standard InChI is InChI=1S/C15H14ClN5O/c1-8-5-11(21(2)20-8)15-14(18-7-13(17)19-15)9-3-4-12(22)10(16)6-9/h3-7,22H,1-2H3,(H2,17,19). The van der Waals surface area contributed by atoms with Crippen LogP contribution in [0, 0.1) is 6.92 Å². The fourth-order valence-corrected chi connectivity index (χ4v) is 2.46. The molecule has 0 saturated heterocycles. The molecule has 6 nitrogen and oxygen atoms in total. The third kappa shape index (κ3) is 2.48. The van der Waals surface area contributed by atoms with Crippen molar-refractivity contribution in [2.45, 2.75) is 6.92 Å². The fraction of sp³-hybridized carbons (Fsp3) is 0.133. The third-order valence-corrected chi connectivity index (χ3v) is 3.56. The number of halogens is 1. The predicted molar refractivity (Wildman–Crippen MR) is 85.5 cm³/mol. The monoisotopic (exact) mass is 315 g/mol. The Hall–Kier alpha value is -2.60. The number of anilines is 1. The van der Waals surface area contributed by atoms with E-state index in [9.17, 15) is 5.11 Å². The van der Waals surface area contributed by atoms with Crippen molar-refractivity contribution in [3.8, 4) is 28.4 Å². The van der Waals surface area contributed by atoms with E-state index in [0.717, 1.165) is 17.0 Å². The second kappa shape index (κ2) is 5.31. The van der Waals surface area contributed by atoms with E-state index < -0.39 is 0 Å². The molecule has 0 aliphatic rings. The summed E-state index contributed by atoms with van der Waals surface area (Å²) in [7, 11) is 1.83. The summed E-state index contributed by atoms with van der Waals surface area (Å²) in [6.45, 7) is 1.90. The zero-order chi connectivity index (χ0) is 15.9. The molecule has 3 N–H and O–H groups in total. The minimum atomic E-state index is 0.0201. The summed E-state index contributed by atoms with van der Waals surface area (Å²) in [4.78, 5) is 8.77. The van der Waals surface area contributed by atoms with Crippen molar-refractivity contribution in [2.24, 2.45) is 7.05 Å². The summed E-state index contributed by atoms with van der Waals surface area (Å²) in [6.07, 6.45) is 1.49. The van der Waals surface area contributed by atoms with Gasteiger partial charge in [0.05, 0.1) is 28.3 Å². The van der Waals surface area contributed by atoms with Crippen molar-refractivity contribution < 1.29 is 5.11 Å². The van der Waals surface area contributed by atoms with Crippen LogP contribution < -0.4 is 5.73 Å². The molecule has 0 radical (unpaired) electrons. The van der Waals surface area contributed by atoms with Gasteiger partial charge in [-0.15, -0.1) is 0 Å². The minimum Gasteiger partial charge on any atom is -0.506 e. The molecule has 1 aromatic carbocycles. The van der Waals surface area contributed by atoms with E-state index in [4.69, 9.17) is 17.3 Å². The van der Waals surface area contributed by atoms with Crippen LogP contribution in [0.25, 0.3) is 22.6 Å².